The highest BCUT2D eigenvalue weighted by atomic mass is 16.4. The predicted molar refractivity (Wildman–Crippen MR) is 274 cm³/mol. The lowest BCUT2D eigenvalue weighted by molar-refractivity contribution is -0.150. The lowest BCUT2D eigenvalue weighted by Gasteiger charge is -2.31. The van der Waals surface area contributed by atoms with Crippen molar-refractivity contribution in [1.82, 2.24) is 41.7 Å². The summed E-state index contributed by atoms with van der Waals surface area (Å²) < 4.78 is 0. The van der Waals surface area contributed by atoms with Crippen molar-refractivity contribution in [2.75, 3.05) is 39.3 Å². The van der Waals surface area contributed by atoms with Gasteiger partial charge >= 0.3 is 5.97 Å². The van der Waals surface area contributed by atoms with Gasteiger partial charge in [-0.05, 0) is 94.9 Å². The second-order valence-electron chi connectivity index (χ2n) is 19.7. The quantitative estimate of drug-likeness (QED) is 0.0180. The number of carboxylic acid groups (broad SMARTS) is 1. The van der Waals surface area contributed by atoms with Crippen molar-refractivity contribution in [1.29, 1.82) is 0 Å². The zero-order valence-corrected chi connectivity index (χ0v) is 43.7. The van der Waals surface area contributed by atoms with E-state index in [4.69, 9.17) is 34.4 Å². The monoisotopic (exact) mass is 1030 g/mol. The minimum absolute atomic E-state index is 0.0120. The van der Waals surface area contributed by atoms with Crippen LogP contribution in [0.2, 0.25) is 0 Å². The van der Waals surface area contributed by atoms with Gasteiger partial charge in [0.2, 0.25) is 47.3 Å². The smallest absolute Gasteiger partial charge is 0.326 e. The molecule has 0 spiro atoms. The number of likely N-dealkylation sites (tertiary alicyclic amines) is 2. The zero-order chi connectivity index (χ0) is 54.9. The van der Waals surface area contributed by atoms with Crippen LogP contribution in [0.1, 0.15) is 125 Å². The third kappa shape index (κ3) is 21.4. The molecule has 73 heavy (non-hydrogen) atoms. The molecule has 2 fully saturated rings. The van der Waals surface area contributed by atoms with Crippen LogP contribution in [0, 0.1) is 17.8 Å². The van der Waals surface area contributed by atoms with Gasteiger partial charge in [0, 0.05) is 26.2 Å². The molecule has 26 nitrogen and oxygen atoms in total. The molecule has 8 amide bonds. The molecule has 9 atom stereocenters. The molecule has 0 aliphatic carbocycles. The molecule has 2 rings (SSSR count). The van der Waals surface area contributed by atoms with E-state index in [0.29, 0.717) is 45.1 Å². The minimum atomic E-state index is -1.22. The number of nitrogens with one attached hydrogen (secondary N) is 6. The van der Waals surface area contributed by atoms with Crippen LogP contribution >= 0.6 is 0 Å². The maximum Gasteiger partial charge on any atom is 0.326 e. The Morgan fingerprint density at radius 2 is 1.16 bits per heavy atom. The second-order valence-corrected chi connectivity index (χ2v) is 19.7. The van der Waals surface area contributed by atoms with Gasteiger partial charge in [0.15, 0.2) is 11.9 Å². The Bertz CT molecular complexity index is 1930. The molecular weight excluding hydrogens is 949 g/mol. The van der Waals surface area contributed by atoms with Crippen molar-refractivity contribution in [3.63, 3.8) is 0 Å². The van der Waals surface area contributed by atoms with E-state index < -0.39 is 120 Å². The summed E-state index contributed by atoms with van der Waals surface area (Å²) in [4.78, 5) is 133. The number of carbonyl (C=O) groups is 9. The highest BCUT2D eigenvalue weighted by Gasteiger charge is 2.42. The number of carboxylic acids is 1. The first-order chi connectivity index (χ1) is 34.4. The Hall–Kier alpha value is -6.31. The van der Waals surface area contributed by atoms with E-state index >= 15 is 0 Å². The first kappa shape index (κ1) is 62.8. The zero-order valence-electron chi connectivity index (χ0n) is 43.7. The maximum absolute atomic E-state index is 14.3. The van der Waals surface area contributed by atoms with E-state index in [-0.39, 0.29) is 89.0 Å². The first-order valence-corrected chi connectivity index (χ1v) is 25.6. The lowest BCUT2D eigenvalue weighted by atomic mass is 9.95. The summed E-state index contributed by atoms with van der Waals surface area (Å²) in [6, 6.07) is -8.63. The summed E-state index contributed by atoms with van der Waals surface area (Å²) >= 11 is 0. The summed E-state index contributed by atoms with van der Waals surface area (Å²) in [7, 11) is 0. The largest absolute Gasteiger partial charge is 0.480 e. The molecule has 2 aliphatic rings. The molecule has 2 saturated heterocycles. The molecule has 0 radical (unpaired) electrons. The summed E-state index contributed by atoms with van der Waals surface area (Å²) in [5.41, 5.74) is 33.6. The number of nitrogens with two attached hydrogens (primary N) is 6. The van der Waals surface area contributed by atoms with Crippen LogP contribution in [0.4, 0.5) is 0 Å². The van der Waals surface area contributed by atoms with Crippen molar-refractivity contribution in [3.05, 3.63) is 0 Å². The fourth-order valence-electron chi connectivity index (χ4n) is 8.66. The summed E-state index contributed by atoms with van der Waals surface area (Å²) in [5.74, 6) is -7.53. The molecule has 26 heteroatoms. The Morgan fingerprint density at radius 1 is 0.630 bits per heavy atom. The number of rotatable bonds is 32. The molecule has 0 saturated carbocycles. The van der Waals surface area contributed by atoms with Crippen LogP contribution in [0.15, 0.2) is 9.98 Å². The molecular formula is C47H86N16O10. The molecule has 2 heterocycles. The highest BCUT2D eigenvalue weighted by Crippen LogP contribution is 2.23. The molecule has 0 bridgehead atoms. The number of aliphatic carboxylic acids is 1. The molecule has 414 valence electrons. The molecule has 2 aliphatic heterocycles. The van der Waals surface area contributed by atoms with Crippen LogP contribution in [0.25, 0.3) is 0 Å². The van der Waals surface area contributed by atoms with Gasteiger partial charge in [0.1, 0.15) is 42.3 Å². The number of carbonyl (C=O) groups excluding carboxylic acids is 8. The molecule has 0 aromatic heterocycles. The molecule has 19 N–H and O–H groups in total. The van der Waals surface area contributed by atoms with Gasteiger partial charge in [-0.2, -0.15) is 0 Å². The van der Waals surface area contributed by atoms with Gasteiger partial charge in [-0.15, -0.1) is 0 Å². The van der Waals surface area contributed by atoms with Crippen molar-refractivity contribution in [3.8, 4) is 0 Å². The number of guanidine groups is 2. The standard InChI is InChI=1S/C47H86N16O10/c1-7-28(6)37(61-39(66)32(24-26(2)3)59-38(65)29(49)14-8-9-19-48)42(69)60-36(27(4)5)41(68)56-25-35(64)57-30(15-10-20-54-46(50)51)43(70)62-22-12-17-33(62)40(67)58-31(16-11-21-55-47(52)53)44(71)63-23-13-18-34(63)45(72)73/h26-34,36-37H,7-25,48-49H2,1-6H3,(H,56,68)(H,57,64)(H,58,67)(H,59,65)(H,60,69)(H,61,66)(H,72,73)(H4,50,51,54)(H4,52,53,55)/t28-,29-,30-,31-,32-,33-,34-,36-,37-/m0/s1. The van der Waals surface area contributed by atoms with E-state index in [2.05, 4.69) is 41.9 Å². The van der Waals surface area contributed by atoms with Crippen molar-refractivity contribution >= 4 is 65.1 Å². The van der Waals surface area contributed by atoms with Gasteiger partial charge in [0.25, 0.3) is 0 Å². The van der Waals surface area contributed by atoms with Gasteiger partial charge in [-0.25, -0.2) is 4.79 Å². The van der Waals surface area contributed by atoms with Crippen molar-refractivity contribution < 1.29 is 48.3 Å². The van der Waals surface area contributed by atoms with Gasteiger partial charge < -0.3 is 81.2 Å². The summed E-state index contributed by atoms with van der Waals surface area (Å²) in [6.45, 7) is 11.1. The van der Waals surface area contributed by atoms with Crippen LogP contribution in [-0.2, 0) is 43.2 Å². The normalized spacial score (nSPS) is 18.3. The van der Waals surface area contributed by atoms with E-state index in [1.807, 2.05) is 20.8 Å². The number of hydrogen-bond acceptors (Lipinski definition) is 13. The second kappa shape index (κ2) is 32.0. The number of unbranched alkanes of at least 4 members (excludes halogenated alkanes) is 1. The highest BCUT2D eigenvalue weighted by molar-refractivity contribution is 5.98. The first-order valence-electron chi connectivity index (χ1n) is 25.6. The van der Waals surface area contributed by atoms with Gasteiger partial charge in [-0.3, -0.25) is 48.3 Å². The van der Waals surface area contributed by atoms with Crippen LogP contribution in [0.5, 0.6) is 0 Å². The minimum Gasteiger partial charge on any atom is -0.480 e. The van der Waals surface area contributed by atoms with Crippen LogP contribution in [0.3, 0.4) is 0 Å². The number of aliphatic imine (C=N–C) groups is 2. The Morgan fingerprint density at radius 3 is 1.67 bits per heavy atom. The Balaban J connectivity index is 2.25. The molecule has 0 aromatic rings. The van der Waals surface area contributed by atoms with Crippen molar-refractivity contribution in [2.24, 2.45) is 62.1 Å². The van der Waals surface area contributed by atoms with Crippen LogP contribution in [-0.4, -0.2) is 168 Å². The average Bonchev–Trinajstić information content (AvgIpc) is 4.04. The predicted octanol–water partition coefficient (Wildman–Crippen LogP) is -3.10. The van der Waals surface area contributed by atoms with E-state index in [1.54, 1.807) is 20.8 Å². The SMILES string of the molecule is CC[C@H](C)[C@H](NC(=O)[C@H](CC(C)C)NC(=O)[C@@H](N)CCCCN)C(=O)N[C@H](C(=O)NCC(=O)N[C@@H](CCCN=C(N)N)C(=O)N1CCC[C@H]1C(=O)N[C@@H](CCCN=C(N)N)C(=O)N1CCC[C@H]1C(=O)O)C(C)C. The fourth-order valence-corrected chi connectivity index (χ4v) is 8.66. The molecule has 0 unspecified atom stereocenters. The number of nitrogens with zero attached hydrogens (tertiary/aromatic N) is 4. The lowest BCUT2D eigenvalue weighted by Crippen LogP contribution is -2.60. The van der Waals surface area contributed by atoms with Gasteiger partial charge in [-0.1, -0.05) is 54.4 Å². The number of hydrogen-bond donors (Lipinski definition) is 13. The Labute approximate surface area is 428 Å². The van der Waals surface area contributed by atoms with E-state index in [1.165, 1.54) is 9.80 Å². The fraction of sp³-hybridized carbons (Fsp3) is 0.766. The average molecular weight is 1040 g/mol. The molecule has 0 aromatic carbocycles. The summed E-state index contributed by atoms with van der Waals surface area (Å²) in [6.07, 6.45) is 4.39. The Kier molecular flexibility index (Phi) is 27.5. The number of amides is 8. The van der Waals surface area contributed by atoms with Crippen molar-refractivity contribution in [2.45, 2.75) is 173 Å². The van der Waals surface area contributed by atoms with Gasteiger partial charge in [0.05, 0.1) is 12.6 Å². The summed E-state index contributed by atoms with van der Waals surface area (Å²) in [5, 5.41) is 26.0. The maximum atomic E-state index is 14.3. The third-order valence-electron chi connectivity index (χ3n) is 12.9. The van der Waals surface area contributed by atoms with E-state index in [0.717, 1.165) is 0 Å². The van der Waals surface area contributed by atoms with E-state index in [9.17, 15) is 48.3 Å². The third-order valence-corrected chi connectivity index (χ3v) is 12.9. The van der Waals surface area contributed by atoms with Crippen LogP contribution < -0.4 is 66.3 Å². The topological polar surface area (TPSA) is 433 Å².